The maximum Gasteiger partial charge on any atom is 0.326 e. The molecule has 1 atom stereocenters. The summed E-state index contributed by atoms with van der Waals surface area (Å²) in [5, 5.41) is 9.38. The highest BCUT2D eigenvalue weighted by Crippen LogP contribution is 2.23. The van der Waals surface area contributed by atoms with Crippen LogP contribution < -0.4 is 0 Å². The predicted octanol–water partition coefficient (Wildman–Crippen LogP) is 0.396. The molecular formula is C7H12O4. The Labute approximate surface area is 65.1 Å². The molecule has 0 aromatic carbocycles. The summed E-state index contributed by atoms with van der Waals surface area (Å²) in [4.78, 5) is 10.5. The molecule has 1 rings (SSSR count). The Hall–Kier alpha value is -0.610. The first-order valence-corrected chi connectivity index (χ1v) is 3.68. The standard InChI is InChI=1S/C7H12O4/c1-6(8)11-7(9)4-2-3-5-10-7/h9H,2-5H2,1H3. The van der Waals surface area contributed by atoms with Gasteiger partial charge in [-0.05, 0) is 12.8 Å². The number of hydrogen-bond acceptors (Lipinski definition) is 4. The number of rotatable bonds is 1. The van der Waals surface area contributed by atoms with Crippen LogP contribution in [0.2, 0.25) is 0 Å². The fourth-order valence-electron chi connectivity index (χ4n) is 1.06. The van der Waals surface area contributed by atoms with E-state index in [9.17, 15) is 9.90 Å². The van der Waals surface area contributed by atoms with Gasteiger partial charge in [-0.3, -0.25) is 4.79 Å². The summed E-state index contributed by atoms with van der Waals surface area (Å²) >= 11 is 0. The van der Waals surface area contributed by atoms with Crippen LogP contribution in [0, 0.1) is 0 Å². The molecule has 1 aliphatic rings. The van der Waals surface area contributed by atoms with Gasteiger partial charge in [-0.1, -0.05) is 0 Å². The summed E-state index contributed by atoms with van der Waals surface area (Å²) in [6.45, 7) is 1.69. The third kappa shape index (κ3) is 2.48. The Bertz CT molecular complexity index is 149. The molecule has 1 unspecified atom stereocenters. The smallest absolute Gasteiger partial charge is 0.326 e. The zero-order valence-corrected chi connectivity index (χ0v) is 6.50. The van der Waals surface area contributed by atoms with Crippen molar-refractivity contribution in [2.75, 3.05) is 6.61 Å². The molecule has 4 heteroatoms. The van der Waals surface area contributed by atoms with Gasteiger partial charge in [0.05, 0.1) is 6.61 Å². The van der Waals surface area contributed by atoms with E-state index in [1.165, 1.54) is 6.92 Å². The fraction of sp³-hybridized carbons (Fsp3) is 0.857. The lowest BCUT2D eigenvalue weighted by Crippen LogP contribution is -2.40. The SMILES string of the molecule is CC(=O)OC1(O)CCCCO1. The van der Waals surface area contributed by atoms with Crippen LogP contribution >= 0.6 is 0 Å². The number of carbonyl (C=O) groups is 1. The molecule has 0 aromatic heterocycles. The van der Waals surface area contributed by atoms with E-state index in [0.717, 1.165) is 12.8 Å². The summed E-state index contributed by atoms with van der Waals surface area (Å²) in [5.41, 5.74) is 0. The van der Waals surface area contributed by atoms with Gasteiger partial charge in [0.15, 0.2) is 0 Å². The van der Waals surface area contributed by atoms with Gasteiger partial charge in [-0.15, -0.1) is 0 Å². The second-order valence-electron chi connectivity index (χ2n) is 2.61. The first-order chi connectivity index (χ1) is 5.12. The van der Waals surface area contributed by atoms with Crippen molar-refractivity contribution in [1.82, 2.24) is 0 Å². The molecule has 0 aliphatic carbocycles. The molecule has 1 aliphatic heterocycles. The molecule has 11 heavy (non-hydrogen) atoms. The summed E-state index contributed by atoms with van der Waals surface area (Å²) in [7, 11) is 0. The molecule has 0 amide bonds. The van der Waals surface area contributed by atoms with Crippen molar-refractivity contribution in [3.8, 4) is 0 Å². The Balaban J connectivity index is 2.43. The van der Waals surface area contributed by atoms with Gasteiger partial charge in [-0.2, -0.15) is 0 Å². The molecule has 1 N–H and O–H groups in total. The highest BCUT2D eigenvalue weighted by atomic mass is 16.8. The van der Waals surface area contributed by atoms with Crippen molar-refractivity contribution in [3.63, 3.8) is 0 Å². The number of aliphatic hydroxyl groups is 1. The molecule has 0 radical (unpaired) electrons. The summed E-state index contributed by atoms with van der Waals surface area (Å²) < 4.78 is 9.46. The van der Waals surface area contributed by atoms with Crippen molar-refractivity contribution < 1.29 is 19.4 Å². The van der Waals surface area contributed by atoms with Gasteiger partial charge in [0.1, 0.15) is 0 Å². The predicted molar refractivity (Wildman–Crippen MR) is 36.5 cm³/mol. The van der Waals surface area contributed by atoms with Crippen molar-refractivity contribution in [2.45, 2.75) is 32.2 Å². The minimum atomic E-state index is -1.65. The Morgan fingerprint density at radius 3 is 2.82 bits per heavy atom. The lowest BCUT2D eigenvalue weighted by molar-refractivity contribution is -0.354. The maximum absolute atomic E-state index is 10.5. The Kier molecular flexibility index (Phi) is 2.46. The Morgan fingerprint density at radius 2 is 2.36 bits per heavy atom. The molecule has 1 heterocycles. The molecule has 0 spiro atoms. The highest BCUT2D eigenvalue weighted by molar-refractivity contribution is 5.66. The van der Waals surface area contributed by atoms with Crippen LogP contribution in [0.5, 0.6) is 0 Å². The lowest BCUT2D eigenvalue weighted by atomic mass is 10.2. The summed E-state index contributed by atoms with van der Waals surface area (Å²) in [5.74, 6) is -2.17. The fourth-order valence-corrected chi connectivity index (χ4v) is 1.06. The quantitative estimate of drug-likeness (QED) is 0.445. The van der Waals surface area contributed by atoms with E-state index in [1.807, 2.05) is 0 Å². The van der Waals surface area contributed by atoms with E-state index < -0.39 is 11.9 Å². The third-order valence-corrected chi connectivity index (χ3v) is 1.52. The van der Waals surface area contributed by atoms with E-state index in [0.29, 0.717) is 13.0 Å². The van der Waals surface area contributed by atoms with Crippen LogP contribution in [0.1, 0.15) is 26.2 Å². The van der Waals surface area contributed by atoms with Gasteiger partial charge in [0.2, 0.25) is 0 Å². The topological polar surface area (TPSA) is 55.8 Å². The van der Waals surface area contributed by atoms with Gasteiger partial charge < -0.3 is 14.6 Å². The normalized spacial score (nSPS) is 31.5. The van der Waals surface area contributed by atoms with Crippen LogP contribution in [0.4, 0.5) is 0 Å². The minimum absolute atomic E-state index is 0.368. The van der Waals surface area contributed by atoms with E-state index in [-0.39, 0.29) is 0 Å². The zero-order valence-electron chi connectivity index (χ0n) is 6.50. The third-order valence-electron chi connectivity index (χ3n) is 1.52. The van der Waals surface area contributed by atoms with Crippen molar-refractivity contribution in [2.24, 2.45) is 0 Å². The average Bonchev–Trinajstić information content (AvgIpc) is 1.85. The van der Waals surface area contributed by atoms with Crippen LogP contribution in [0.3, 0.4) is 0 Å². The minimum Gasteiger partial charge on any atom is -0.408 e. The van der Waals surface area contributed by atoms with Crippen LogP contribution in [-0.2, 0) is 14.3 Å². The van der Waals surface area contributed by atoms with Crippen LogP contribution in [0.15, 0.2) is 0 Å². The maximum atomic E-state index is 10.5. The van der Waals surface area contributed by atoms with E-state index in [1.54, 1.807) is 0 Å². The Morgan fingerprint density at radius 1 is 1.64 bits per heavy atom. The second-order valence-corrected chi connectivity index (χ2v) is 2.61. The van der Waals surface area contributed by atoms with Gasteiger partial charge in [-0.25, -0.2) is 0 Å². The van der Waals surface area contributed by atoms with E-state index in [2.05, 4.69) is 4.74 Å². The molecule has 1 fully saturated rings. The van der Waals surface area contributed by atoms with E-state index in [4.69, 9.17) is 4.74 Å². The van der Waals surface area contributed by atoms with Gasteiger partial charge >= 0.3 is 11.9 Å². The molecular weight excluding hydrogens is 148 g/mol. The summed E-state index contributed by atoms with van der Waals surface area (Å²) in [6, 6.07) is 0. The molecule has 64 valence electrons. The highest BCUT2D eigenvalue weighted by Gasteiger charge is 2.33. The van der Waals surface area contributed by atoms with Crippen molar-refractivity contribution in [3.05, 3.63) is 0 Å². The zero-order chi connectivity index (χ0) is 8.32. The van der Waals surface area contributed by atoms with Crippen LogP contribution in [0.25, 0.3) is 0 Å². The first-order valence-electron chi connectivity index (χ1n) is 3.68. The largest absolute Gasteiger partial charge is 0.408 e. The van der Waals surface area contributed by atoms with Gasteiger partial charge in [0, 0.05) is 13.3 Å². The molecule has 0 aromatic rings. The van der Waals surface area contributed by atoms with Crippen LogP contribution in [-0.4, -0.2) is 23.7 Å². The lowest BCUT2D eigenvalue weighted by Gasteiger charge is -2.30. The molecule has 4 nitrogen and oxygen atoms in total. The first kappa shape index (κ1) is 8.49. The molecule has 0 saturated carbocycles. The summed E-state index contributed by atoms with van der Waals surface area (Å²) in [6.07, 6.45) is 2.10. The van der Waals surface area contributed by atoms with E-state index >= 15 is 0 Å². The number of carbonyl (C=O) groups excluding carboxylic acids is 1. The van der Waals surface area contributed by atoms with Gasteiger partial charge in [0.25, 0.3) is 0 Å². The number of ether oxygens (including phenoxy) is 2. The van der Waals surface area contributed by atoms with Crippen molar-refractivity contribution in [1.29, 1.82) is 0 Å². The monoisotopic (exact) mass is 160 g/mol. The second kappa shape index (κ2) is 3.19. The molecule has 1 saturated heterocycles. The number of hydrogen-bond donors (Lipinski definition) is 1. The average molecular weight is 160 g/mol. The van der Waals surface area contributed by atoms with Crippen molar-refractivity contribution >= 4 is 5.97 Å². The molecule has 0 bridgehead atoms. The number of esters is 1.